The number of carboxylic acid groups (broad SMARTS) is 1. The summed E-state index contributed by atoms with van der Waals surface area (Å²) in [6, 6.07) is 10.9. The van der Waals surface area contributed by atoms with E-state index >= 15 is 0 Å². The van der Waals surface area contributed by atoms with Crippen LogP contribution in [0.4, 0.5) is 5.69 Å². The summed E-state index contributed by atoms with van der Waals surface area (Å²) in [6.45, 7) is 4.07. The molecule has 0 aliphatic rings. The third kappa shape index (κ3) is 2.35. The lowest BCUT2D eigenvalue weighted by Crippen LogP contribution is -1.98. The maximum Gasteiger partial charge on any atom is 0.335 e. The molecule has 0 amide bonds. The normalized spacial score (nSPS) is 10.3. The van der Waals surface area contributed by atoms with Crippen molar-refractivity contribution in [1.29, 1.82) is 0 Å². The van der Waals surface area contributed by atoms with E-state index in [1.165, 1.54) is 17.2 Å². The Bertz CT molecular complexity index is 618. The van der Waals surface area contributed by atoms with Crippen LogP contribution in [0.2, 0.25) is 0 Å². The summed E-state index contributed by atoms with van der Waals surface area (Å²) >= 11 is 0. The Hall–Kier alpha value is -2.29. The summed E-state index contributed by atoms with van der Waals surface area (Å²) in [5.74, 6) is -0.965. The molecule has 0 unspecified atom stereocenters. The highest BCUT2D eigenvalue weighted by molar-refractivity contribution is 5.91. The molecule has 2 aromatic rings. The molecule has 92 valence electrons. The van der Waals surface area contributed by atoms with E-state index in [1.807, 2.05) is 32.0 Å². The van der Waals surface area contributed by atoms with Crippen LogP contribution in [-0.2, 0) is 0 Å². The fourth-order valence-corrected chi connectivity index (χ4v) is 1.86. The Morgan fingerprint density at radius 3 is 2.33 bits per heavy atom. The summed E-state index contributed by atoms with van der Waals surface area (Å²) in [5, 5.41) is 9.02. The van der Waals surface area contributed by atoms with Crippen molar-refractivity contribution in [3.63, 3.8) is 0 Å². The fraction of sp³-hybridized carbons (Fsp3) is 0.133. The van der Waals surface area contributed by atoms with Crippen LogP contribution in [0.3, 0.4) is 0 Å². The van der Waals surface area contributed by atoms with Crippen molar-refractivity contribution >= 4 is 11.7 Å². The SMILES string of the molecule is Cc1ccc(-c2cc(N)cc(C(=O)O)c2)cc1C. The Labute approximate surface area is 106 Å². The fourth-order valence-electron chi connectivity index (χ4n) is 1.86. The van der Waals surface area contributed by atoms with Crippen molar-refractivity contribution in [3.05, 3.63) is 53.1 Å². The van der Waals surface area contributed by atoms with Gasteiger partial charge < -0.3 is 10.8 Å². The molecule has 0 atom stereocenters. The van der Waals surface area contributed by atoms with Crippen molar-refractivity contribution in [2.75, 3.05) is 5.73 Å². The van der Waals surface area contributed by atoms with Crippen molar-refractivity contribution < 1.29 is 9.90 Å². The van der Waals surface area contributed by atoms with Gasteiger partial charge in [0.05, 0.1) is 5.56 Å². The number of hydrogen-bond donors (Lipinski definition) is 2. The first-order valence-corrected chi connectivity index (χ1v) is 5.69. The number of carbonyl (C=O) groups is 1. The predicted molar refractivity (Wildman–Crippen MR) is 72.7 cm³/mol. The minimum Gasteiger partial charge on any atom is -0.478 e. The molecule has 3 nitrogen and oxygen atoms in total. The molecule has 0 aliphatic carbocycles. The van der Waals surface area contributed by atoms with E-state index in [0.717, 1.165) is 11.1 Å². The minimum absolute atomic E-state index is 0.211. The van der Waals surface area contributed by atoms with E-state index in [0.29, 0.717) is 5.69 Å². The van der Waals surface area contributed by atoms with E-state index < -0.39 is 5.97 Å². The second-order valence-corrected chi connectivity index (χ2v) is 4.45. The van der Waals surface area contributed by atoms with E-state index in [9.17, 15) is 4.79 Å². The van der Waals surface area contributed by atoms with Crippen LogP contribution in [0.1, 0.15) is 21.5 Å². The molecule has 0 saturated carbocycles. The molecule has 0 saturated heterocycles. The molecule has 2 rings (SSSR count). The Balaban J connectivity index is 2.56. The van der Waals surface area contributed by atoms with Gasteiger partial charge in [0.1, 0.15) is 0 Å². The molecule has 0 aromatic heterocycles. The number of rotatable bonds is 2. The van der Waals surface area contributed by atoms with Crippen LogP contribution >= 0.6 is 0 Å². The van der Waals surface area contributed by atoms with Gasteiger partial charge in [-0.1, -0.05) is 18.2 Å². The molecule has 0 spiro atoms. The first-order chi connectivity index (χ1) is 8.47. The second kappa shape index (κ2) is 4.53. The lowest BCUT2D eigenvalue weighted by atomic mass is 9.98. The number of anilines is 1. The number of aromatic carboxylic acids is 1. The highest BCUT2D eigenvalue weighted by atomic mass is 16.4. The second-order valence-electron chi connectivity index (χ2n) is 4.45. The van der Waals surface area contributed by atoms with Gasteiger partial charge in [-0.2, -0.15) is 0 Å². The average molecular weight is 241 g/mol. The Morgan fingerprint density at radius 1 is 1.00 bits per heavy atom. The lowest BCUT2D eigenvalue weighted by molar-refractivity contribution is 0.0697. The quantitative estimate of drug-likeness (QED) is 0.793. The third-order valence-corrected chi connectivity index (χ3v) is 3.04. The maximum absolute atomic E-state index is 11.0. The summed E-state index contributed by atoms with van der Waals surface area (Å²) < 4.78 is 0. The highest BCUT2D eigenvalue weighted by Crippen LogP contribution is 2.25. The van der Waals surface area contributed by atoms with Gasteiger partial charge in [-0.3, -0.25) is 0 Å². The number of nitrogens with two attached hydrogens (primary N) is 1. The number of hydrogen-bond acceptors (Lipinski definition) is 2. The molecule has 18 heavy (non-hydrogen) atoms. The Kier molecular flexibility index (Phi) is 3.06. The molecule has 3 heteroatoms. The van der Waals surface area contributed by atoms with E-state index in [1.54, 1.807) is 12.1 Å². The van der Waals surface area contributed by atoms with Gasteiger partial charge in [0.15, 0.2) is 0 Å². The third-order valence-electron chi connectivity index (χ3n) is 3.04. The first kappa shape index (κ1) is 12.2. The summed E-state index contributed by atoms with van der Waals surface area (Å²) in [5.41, 5.74) is 10.6. The predicted octanol–water partition coefficient (Wildman–Crippen LogP) is 3.25. The minimum atomic E-state index is -0.965. The number of aryl methyl sites for hydroxylation is 2. The van der Waals surface area contributed by atoms with Gasteiger partial charge in [-0.15, -0.1) is 0 Å². The molecular formula is C15H15NO2. The van der Waals surface area contributed by atoms with Crippen LogP contribution in [0.25, 0.3) is 11.1 Å². The van der Waals surface area contributed by atoms with Crippen molar-refractivity contribution in [2.45, 2.75) is 13.8 Å². The number of carboxylic acids is 1. The molecule has 2 aromatic carbocycles. The summed E-state index contributed by atoms with van der Waals surface area (Å²) in [6.07, 6.45) is 0. The maximum atomic E-state index is 11.0. The zero-order valence-electron chi connectivity index (χ0n) is 10.4. The first-order valence-electron chi connectivity index (χ1n) is 5.69. The lowest BCUT2D eigenvalue weighted by Gasteiger charge is -2.08. The zero-order chi connectivity index (χ0) is 13.3. The van der Waals surface area contributed by atoms with Crippen molar-refractivity contribution in [1.82, 2.24) is 0 Å². The monoisotopic (exact) mass is 241 g/mol. The smallest absolute Gasteiger partial charge is 0.335 e. The van der Waals surface area contributed by atoms with E-state index in [2.05, 4.69) is 0 Å². The van der Waals surface area contributed by atoms with Gasteiger partial charge in [0.2, 0.25) is 0 Å². The summed E-state index contributed by atoms with van der Waals surface area (Å²) in [7, 11) is 0. The van der Waals surface area contributed by atoms with Crippen molar-refractivity contribution in [3.8, 4) is 11.1 Å². The topological polar surface area (TPSA) is 63.3 Å². The molecule has 0 radical (unpaired) electrons. The summed E-state index contributed by atoms with van der Waals surface area (Å²) in [4.78, 5) is 11.0. The van der Waals surface area contributed by atoms with Gasteiger partial charge in [0, 0.05) is 5.69 Å². The van der Waals surface area contributed by atoms with Crippen LogP contribution in [0.15, 0.2) is 36.4 Å². The highest BCUT2D eigenvalue weighted by Gasteiger charge is 2.07. The molecule has 0 heterocycles. The molecule has 3 N–H and O–H groups in total. The van der Waals surface area contributed by atoms with Crippen LogP contribution < -0.4 is 5.73 Å². The molecular weight excluding hydrogens is 226 g/mol. The van der Waals surface area contributed by atoms with Crippen molar-refractivity contribution in [2.24, 2.45) is 0 Å². The van der Waals surface area contributed by atoms with Crippen LogP contribution in [0, 0.1) is 13.8 Å². The van der Waals surface area contributed by atoms with Crippen LogP contribution in [-0.4, -0.2) is 11.1 Å². The number of nitrogen functional groups attached to an aromatic ring is 1. The van der Waals surface area contributed by atoms with E-state index in [4.69, 9.17) is 10.8 Å². The Morgan fingerprint density at radius 2 is 1.72 bits per heavy atom. The van der Waals surface area contributed by atoms with Gasteiger partial charge >= 0.3 is 5.97 Å². The van der Waals surface area contributed by atoms with Gasteiger partial charge in [-0.25, -0.2) is 4.79 Å². The van der Waals surface area contributed by atoms with Crippen LogP contribution in [0.5, 0.6) is 0 Å². The average Bonchev–Trinajstić information content (AvgIpc) is 2.31. The number of benzene rings is 2. The standard InChI is InChI=1S/C15H15NO2/c1-9-3-4-11(5-10(9)2)12-6-13(15(17)18)8-14(16)7-12/h3-8H,16H2,1-2H3,(H,17,18). The van der Waals surface area contributed by atoms with E-state index in [-0.39, 0.29) is 5.56 Å². The van der Waals surface area contributed by atoms with Gasteiger partial charge in [-0.05, 0) is 54.3 Å². The largest absolute Gasteiger partial charge is 0.478 e. The molecule has 0 aliphatic heterocycles. The van der Waals surface area contributed by atoms with Gasteiger partial charge in [0.25, 0.3) is 0 Å². The molecule has 0 fully saturated rings. The molecule has 0 bridgehead atoms. The zero-order valence-corrected chi connectivity index (χ0v) is 10.4.